The first-order valence-corrected chi connectivity index (χ1v) is 11.0. The number of nitrogens with zero attached hydrogens (tertiary/aromatic N) is 2. The van der Waals surface area contributed by atoms with Gasteiger partial charge in [-0.3, -0.25) is 4.79 Å². The first-order chi connectivity index (χ1) is 14.7. The number of aliphatic imine (C=N–C) groups is 1. The lowest BCUT2D eigenvalue weighted by Crippen LogP contribution is -2.19. The Kier molecular flexibility index (Phi) is 5.02. The normalized spacial score (nSPS) is 16.5. The van der Waals surface area contributed by atoms with Crippen molar-refractivity contribution >= 4 is 61.3 Å². The number of rotatable bonds is 3. The molecule has 0 spiro atoms. The largest absolute Gasteiger partial charge is 0.317 e. The van der Waals surface area contributed by atoms with Crippen LogP contribution in [-0.4, -0.2) is 15.6 Å². The van der Waals surface area contributed by atoms with Gasteiger partial charge in [-0.1, -0.05) is 46.3 Å². The van der Waals surface area contributed by atoms with Gasteiger partial charge in [0.25, 0.3) is 5.91 Å². The van der Waals surface area contributed by atoms with E-state index in [2.05, 4.69) is 61.1 Å². The third-order valence-electron chi connectivity index (χ3n) is 4.78. The molecular formula is C24H16BrN3OS. The second-order valence-corrected chi connectivity index (χ2v) is 8.74. The molecule has 1 fully saturated rings. The summed E-state index contributed by atoms with van der Waals surface area (Å²) in [5.41, 5.74) is 2.78. The van der Waals surface area contributed by atoms with Crippen molar-refractivity contribution in [2.75, 3.05) is 0 Å². The number of amidine groups is 1. The first kappa shape index (κ1) is 18.9. The van der Waals surface area contributed by atoms with Crippen LogP contribution < -0.4 is 5.32 Å². The van der Waals surface area contributed by atoms with E-state index < -0.39 is 0 Å². The van der Waals surface area contributed by atoms with Crippen molar-refractivity contribution in [2.45, 2.75) is 0 Å². The van der Waals surface area contributed by atoms with Crippen molar-refractivity contribution in [3.05, 3.63) is 100 Å². The van der Waals surface area contributed by atoms with E-state index in [0.717, 1.165) is 21.5 Å². The average molecular weight is 474 g/mol. The highest BCUT2D eigenvalue weighted by molar-refractivity contribution is 9.10. The maximum absolute atomic E-state index is 12.5. The SMILES string of the molecule is O=C1NC(=Nc2ccc(Br)cc2)S/C1=C\c1cccn1-c1ccc2ccccc2c1. The van der Waals surface area contributed by atoms with Gasteiger partial charge in [-0.2, -0.15) is 0 Å². The number of nitrogens with one attached hydrogen (secondary N) is 1. The zero-order chi connectivity index (χ0) is 20.5. The van der Waals surface area contributed by atoms with Crippen molar-refractivity contribution in [1.29, 1.82) is 0 Å². The van der Waals surface area contributed by atoms with Gasteiger partial charge in [0, 0.05) is 22.1 Å². The van der Waals surface area contributed by atoms with Gasteiger partial charge in [-0.15, -0.1) is 0 Å². The van der Waals surface area contributed by atoms with Crippen LogP contribution >= 0.6 is 27.7 Å². The maximum atomic E-state index is 12.5. The molecule has 0 atom stereocenters. The van der Waals surface area contributed by atoms with Gasteiger partial charge < -0.3 is 9.88 Å². The predicted octanol–water partition coefficient (Wildman–Crippen LogP) is 6.28. The summed E-state index contributed by atoms with van der Waals surface area (Å²) in [5.74, 6) is -0.137. The molecular weight excluding hydrogens is 458 g/mol. The van der Waals surface area contributed by atoms with Gasteiger partial charge in [0.05, 0.1) is 10.6 Å². The van der Waals surface area contributed by atoms with Crippen LogP contribution in [0.1, 0.15) is 5.69 Å². The van der Waals surface area contributed by atoms with E-state index in [1.165, 1.54) is 22.5 Å². The lowest BCUT2D eigenvalue weighted by atomic mass is 10.1. The third-order valence-corrected chi connectivity index (χ3v) is 6.22. The van der Waals surface area contributed by atoms with Crippen LogP contribution in [0.3, 0.4) is 0 Å². The molecule has 146 valence electrons. The maximum Gasteiger partial charge on any atom is 0.264 e. The quantitative estimate of drug-likeness (QED) is 0.355. The monoisotopic (exact) mass is 473 g/mol. The fraction of sp³-hybridized carbons (Fsp3) is 0. The number of thioether (sulfide) groups is 1. The standard InChI is InChI=1S/C24H16BrN3OS/c25-18-8-10-19(11-9-18)26-24-27-23(29)22(30-24)15-20-6-3-13-28(20)21-12-7-16-4-1-2-5-17(16)14-21/h1-15H,(H,26,27,29)/b22-15-. The molecule has 4 aromatic rings. The number of fused-ring (bicyclic) bond motifs is 1. The summed E-state index contributed by atoms with van der Waals surface area (Å²) in [4.78, 5) is 17.6. The molecule has 1 amide bonds. The molecule has 4 nitrogen and oxygen atoms in total. The van der Waals surface area contributed by atoms with E-state index >= 15 is 0 Å². The molecule has 1 aromatic heterocycles. The van der Waals surface area contributed by atoms with E-state index in [1.807, 2.05) is 60.8 Å². The molecule has 1 saturated heterocycles. The van der Waals surface area contributed by atoms with Crippen molar-refractivity contribution in [1.82, 2.24) is 9.88 Å². The van der Waals surface area contributed by atoms with Crippen LogP contribution in [0.15, 0.2) is 99.4 Å². The minimum Gasteiger partial charge on any atom is -0.317 e. The van der Waals surface area contributed by atoms with Crippen LogP contribution in [0.5, 0.6) is 0 Å². The van der Waals surface area contributed by atoms with Gasteiger partial charge >= 0.3 is 0 Å². The molecule has 6 heteroatoms. The highest BCUT2D eigenvalue weighted by Gasteiger charge is 2.24. The highest BCUT2D eigenvalue weighted by atomic mass is 79.9. The van der Waals surface area contributed by atoms with Crippen LogP contribution in [0.2, 0.25) is 0 Å². The Balaban J connectivity index is 1.45. The molecule has 0 saturated carbocycles. The zero-order valence-corrected chi connectivity index (χ0v) is 18.2. The van der Waals surface area contributed by atoms with E-state index in [9.17, 15) is 4.79 Å². The number of carbonyl (C=O) groups excluding carboxylic acids is 1. The zero-order valence-electron chi connectivity index (χ0n) is 15.7. The number of carbonyl (C=O) groups is 1. The van der Waals surface area contributed by atoms with Gasteiger partial charge in [0.2, 0.25) is 0 Å². The molecule has 0 aliphatic carbocycles. The van der Waals surface area contributed by atoms with Crippen molar-refractivity contribution in [2.24, 2.45) is 4.99 Å². The minimum atomic E-state index is -0.137. The Morgan fingerprint density at radius 3 is 2.57 bits per heavy atom. The number of amides is 1. The van der Waals surface area contributed by atoms with E-state index in [-0.39, 0.29) is 5.91 Å². The van der Waals surface area contributed by atoms with Crippen molar-refractivity contribution < 1.29 is 4.79 Å². The topological polar surface area (TPSA) is 46.4 Å². The molecule has 1 N–H and O–H groups in total. The molecule has 30 heavy (non-hydrogen) atoms. The summed E-state index contributed by atoms with van der Waals surface area (Å²) in [6.45, 7) is 0. The first-order valence-electron chi connectivity index (χ1n) is 9.37. The van der Waals surface area contributed by atoms with Crippen molar-refractivity contribution in [3.63, 3.8) is 0 Å². The number of benzene rings is 3. The lowest BCUT2D eigenvalue weighted by Gasteiger charge is -2.08. The molecule has 0 radical (unpaired) electrons. The molecule has 1 aliphatic heterocycles. The van der Waals surface area contributed by atoms with E-state index in [0.29, 0.717) is 10.1 Å². The Bertz CT molecular complexity index is 1320. The number of halogens is 1. The molecule has 0 unspecified atom stereocenters. The Morgan fingerprint density at radius 2 is 1.73 bits per heavy atom. The average Bonchev–Trinajstić information content (AvgIpc) is 3.36. The van der Waals surface area contributed by atoms with Crippen LogP contribution in [-0.2, 0) is 4.79 Å². The molecule has 3 aromatic carbocycles. The summed E-state index contributed by atoms with van der Waals surface area (Å²) in [5, 5.41) is 5.81. The molecule has 1 aliphatic rings. The van der Waals surface area contributed by atoms with Crippen LogP contribution in [0.4, 0.5) is 5.69 Å². The fourth-order valence-electron chi connectivity index (χ4n) is 3.32. The molecule has 5 rings (SSSR count). The van der Waals surface area contributed by atoms with Gasteiger partial charge in [-0.25, -0.2) is 4.99 Å². The van der Waals surface area contributed by atoms with Crippen LogP contribution in [0, 0.1) is 0 Å². The van der Waals surface area contributed by atoms with Gasteiger partial charge in [0.1, 0.15) is 0 Å². The highest BCUT2D eigenvalue weighted by Crippen LogP contribution is 2.29. The lowest BCUT2D eigenvalue weighted by molar-refractivity contribution is -0.115. The number of aromatic nitrogens is 1. The fourth-order valence-corrected chi connectivity index (χ4v) is 4.41. The Morgan fingerprint density at radius 1 is 0.933 bits per heavy atom. The van der Waals surface area contributed by atoms with Gasteiger partial charge in [-0.05, 0) is 77.1 Å². The summed E-state index contributed by atoms with van der Waals surface area (Å²) in [7, 11) is 0. The second-order valence-electron chi connectivity index (χ2n) is 6.79. The van der Waals surface area contributed by atoms with Crippen LogP contribution in [0.25, 0.3) is 22.5 Å². The smallest absolute Gasteiger partial charge is 0.264 e. The van der Waals surface area contributed by atoms with Gasteiger partial charge in [0.15, 0.2) is 5.17 Å². The summed E-state index contributed by atoms with van der Waals surface area (Å²) < 4.78 is 3.07. The predicted molar refractivity (Wildman–Crippen MR) is 128 cm³/mol. The second kappa shape index (κ2) is 7.97. The number of hydrogen-bond acceptors (Lipinski definition) is 3. The van der Waals surface area contributed by atoms with E-state index in [1.54, 1.807) is 0 Å². The summed E-state index contributed by atoms with van der Waals surface area (Å²) in [6.07, 6.45) is 3.91. The minimum absolute atomic E-state index is 0.137. The summed E-state index contributed by atoms with van der Waals surface area (Å²) in [6, 6.07) is 26.3. The number of hydrogen-bond donors (Lipinski definition) is 1. The van der Waals surface area contributed by atoms with Crippen molar-refractivity contribution in [3.8, 4) is 5.69 Å². The Hall–Kier alpha value is -3.09. The summed E-state index contributed by atoms with van der Waals surface area (Å²) >= 11 is 4.76. The van der Waals surface area contributed by atoms with E-state index in [4.69, 9.17) is 0 Å². The Labute approximate surface area is 186 Å². The molecule has 0 bridgehead atoms. The third kappa shape index (κ3) is 3.84. The molecule has 2 heterocycles.